The van der Waals surface area contributed by atoms with Crippen LogP contribution in [-0.2, 0) is 0 Å². The minimum atomic E-state index is 0. The highest BCUT2D eigenvalue weighted by molar-refractivity contribution is 5.85. The number of nitrogens with one attached hydrogen (secondary N) is 1. The van der Waals surface area contributed by atoms with Crippen LogP contribution in [0.5, 0.6) is 5.75 Å². The number of nitrogens with two attached hydrogens (primary N) is 1. The summed E-state index contributed by atoms with van der Waals surface area (Å²) >= 11 is 0. The van der Waals surface area contributed by atoms with Gasteiger partial charge in [0, 0.05) is 23.1 Å². The Morgan fingerprint density at radius 1 is 1.44 bits per heavy atom. The van der Waals surface area contributed by atoms with Crippen molar-refractivity contribution < 1.29 is 4.74 Å². The van der Waals surface area contributed by atoms with E-state index < -0.39 is 0 Å². The van der Waals surface area contributed by atoms with Crippen molar-refractivity contribution in [3.63, 3.8) is 0 Å². The van der Waals surface area contributed by atoms with Gasteiger partial charge in [-0.3, -0.25) is 0 Å². The van der Waals surface area contributed by atoms with Gasteiger partial charge in [0.05, 0.1) is 7.11 Å². The number of rotatable bonds is 3. The van der Waals surface area contributed by atoms with Crippen LogP contribution >= 0.6 is 12.4 Å². The summed E-state index contributed by atoms with van der Waals surface area (Å²) in [4.78, 5) is 3.22. The molecule has 16 heavy (non-hydrogen) atoms. The number of halogens is 1. The van der Waals surface area contributed by atoms with E-state index >= 15 is 0 Å². The molecule has 1 atom stereocenters. The zero-order valence-corrected chi connectivity index (χ0v) is 10.3. The Morgan fingerprint density at radius 3 is 2.81 bits per heavy atom. The van der Waals surface area contributed by atoms with Crippen molar-refractivity contribution in [3.05, 3.63) is 30.0 Å². The van der Waals surface area contributed by atoms with Crippen LogP contribution in [0.1, 0.15) is 24.9 Å². The molecule has 0 spiro atoms. The average Bonchev–Trinajstić information content (AvgIpc) is 2.70. The Balaban J connectivity index is 0.00000128. The van der Waals surface area contributed by atoms with Crippen molar-refractivity contribution in [2.24, 2.45) is 5.73 Å². The number of hydrogen-bond acceptors (Lipinski definition) is 2. The predicted molar refractivity (Wildman–Crippen MR) is 69.3 cm³/mol. The monoisotopic (exact) mass is 240 g/mol. The number of benzene rings is 1. The van der Waals surface area contributed by atoms with Gasteiger partial charge < -0.3 is 15.5 Å². The third kappa shape index (κ3) is 2.15. The summed E-state index contributed by atoms with van der Waals surface area (Å²) in [5.41, 5.74) is 8.30. The number of H-pyrrole nitrogens is 1. The van der Waals surface area contributed by atoms with E-state index in [4.69, 9.17) is 10.5 Å². The average molecular weight is 241 g/mol. The number of aromatic amines is 1. The maximum absolute atomic E-state index is 6.04. The predicted octanol–water partition coefficient (Wildman–Crippen LogP) is 3.01. The fourth-order valence-corrected chi connectivity index (χ4v) is 1.77. The van der Waals surface area contributed by atoms with Crippen molar-refractivity contribution in [2.75, 3.05) is 7.11 Å². The summed E-state index contributed by atoms with van der Waals surface area (Å²) in [6.45, 7) is 2.09. The van der Waals surface area contributed by atoms with E-state index in [0.717, 1.165) is 28.6 Å². The van der Waals surface area contributed by atoms with Gasteiger partial charge >= 0.3 is 0 Å². The van der Waals surface area contributed by atoms with Crippen LogP contribution in [0.15, 0.2) is 24.4 Å². The van der Waals surface area contributed by atoms with Crippen molar-refractivity contribution in [2.45, 2.75) is 19.4 Å². The minimum Gasteiger partial charge on any atom is -0.497 e. The largest absolute Gasteiger partial charge is 0.497 e. The molecule has 0 fully saturated rings. The number of hydrogen-bond donors (Lipinski definition) is 2. The fraction of sp³-hybridized carbons (Fsp3) is 0.333. The van der Waals surface area contributed by atoms with E-state index in [9.17, 15) is 0 Å². The van der Waals surface area contributed by atoms with Crippen LogP contribution in [0, 0.1) is 0 Å². The smallest absolute Gasteiger partial charge is 0.119 e. The van der Waals surface area contributed by atoms with E-state index in [-0.39, 0.29) is 18.4 Å². The highest BCUT2D eigenvalue weighted by Gasteiger charge is 2.10. The maximum Gasteiger partial charge on any atom is 0.119 e. The topological polar surface area (TPSA) is 51.0 Å². The molecule has 4 heteroatoms. The van der Waals surface area contributed by atoms with Crippen LogP contribution < -0.4 is 10.5 Å². The summed E-state index contributed by atoms with van der Waals surface area (Å²) in [7, 11) is 1.67. The van der Waals surface area contributed by atoms with Crippen LogP contribution in [0.25, 0.3) is 10.9 Å². The van der Waals surface area contributed by atoms with Gasteiger partial charge in [-0.2, -0.15) is 0 Å². The number of aromatic nitrogens is 1. The number of methoxy groups -OCH3 is 1. The van der Waals surface area contributed by atoms with Crippen LogP contribution in [0.4, 0.5) is 0 Å². The Hall–Kier alpha value is -1.19. The lowest BCUT2D eigenvalue weighted by Crippen LogP contribution is -2.07. The molecule has 0 aliphatic carbocycles. The second-order valence-corrected chi connectivity index (χ2v) is 3.67. The van der Waals surface area contributed by atoms with Gasteiger partial charge in [0.25, 0.3) is 0 Å². The summed E-state index contributed by atoms with van der Waals surface area (Å²) in [5.74, 6) is 0.867. The summed E-state index contributed by atoms with van der Waals surface area (Å²) in [6, 6.07) is 6.07. The quantitative estimate of drug-likeness (QED) is 0.867. The molecule has 0 bridgehead atoms. The van der Waals surface area contributed by atoms with Gasteiger partial charge in [-0.25, -0.2) is 0 Å². The van der Waals surface area contributed by atoms with Gasteiger partial charge in [-0.15, -0.1) is 12.4 Å². The SMILES string of the molecule is CC[C@H](N)c1c[nH]c2ccc(OC)cc12.Cl. The van der Waals surface area contributed by atoms with E-state index in [2.05, 4.69) is 11.9 Å². The van der Waals surface area contributed by atoms with Crippen molar-refractivity contribution in [3.8, 4) is 5.75 Å². The molecule has 0 aliphatic heterocycles. The first kappa shape index (κ1) is 12.9. The van der Waals surface area contributed by atoms with Crippen molar-refractivity contribution in [1.82, 2.24) is 4.98 Å². The molecule has 2 rings (SSSR count). The Bertz CT molecular complexity index is 467. The molecule has 3 N–H and O–H groups in total. The summed E-state index contributed by atoms with van der Waals surface area (Å²) in [5, 5.41) is 1.16. The summed E-state index contributed by atoms with van der Waals surface area (Å²) in [6.07, 6.45) is 2.92. The lowest BCUT2D eigenvalue weighted by Gasteiger charge is -2.07. The van der Waals surface area contributed by atoms with Crippen molar-refractivity contribution in [1.29, 1.82) is 0 Å². The molecule has 0 radical (unpaired) electrons. The molecule has 2 aromatic rings. The Labute approximate surface area is 101 Å². The third-order valence-corrected chi connectivity index (χ3v) is 2.76. The zero-order valence-electron chi connectivity index (χ0n) is 9.49. The third-order valence-electron chi connectivity index (χ3n) is 2.76. The molecule has 0 unspecified atom stereocenters. The van der Waals surface area contributed by atoms with Crippen LogP contribution in [-0.4, -0.2) is 12.1 Å². The molecule has 0 amide bonds. The minimum absolute atomic E-state index is 0. The van der Waals surface area contributed by atoms with E-state index in [1.54, 1.807) is 7.11 Å². The standard InChI is InChI=1S/C12H16N2O.ClH/c1-3-11(13)10-7-14-12-5-4-8(15-2)6-9(10)12;/h4-7,11,14H,3,13H2,1-2H3;1H/t11-;/m0./s1. The second kappa shape index (κ2) is 5.23. The lowest BCUT2D eigenvalue weighted by atomic mass is 10.0. The molecule has 0 aliphatic rings. The van der Waals surface area contributed by atoms with E-state index in [0.29, 0.717) is 0 Å². The highest BCUT2D eigenvalue weighted by Crippen LogP contribution is 2.27. The lowest BCUT2D eigenvalue weighted by molar-refractivity contribution is 0.415. The maximum atomic E-state index is 6.04. The fourth-order valence-electron chi connectivity index (χ4n) is 1.77. The molecule has 0 saturated carbocycles. The molecule has 1 aromatic heterocycles. The Morgan fingerprint density at radius 2 is 2.19 bits per heavy atom. The molecule has 0 saturated heterocycles. The zero-order chi connectivity index (χ0) is 10.8. The highest BCUT2D eigenvalue weighted by atomic mass is 35.5. The van der Waals surface area contributed by atoms with E-state index in [1.807, 2.05) is 24.4 Å². The van der Waals surface area contributed by atoms with Gasteiger partial charge in [0.2, 0.25) is 0 Å². The van der Waals surface area contributed by atoms with Gasteiger partial charge in [-0.1, -0.05) is 6.92 Å². The Kier molecular flexibility index (Phi) is 4.21. The number of fused-ring (bicyclic) bond motifs is 1. The molecule has 1 heterocycles. The van der Waals surface area contributed by atoms with Gasteiger partial charge in [0.15, 0.2) is 0 Å². The first-order chi connectivity index (χ1) is 7.26. The van der Waals surface area contributed by atoms with E-state index in [1.165, 1.54) is 0 Å². The van der Waals surface area contributed by atoms with Crippen LogP contribution in [0.2, 0.25) is 0 Å². The first-order valence-electron chi connectivity index (χ1n) is 5.17. The molecule has 1 aromatic carbocycles. The van der Waals surface area contributed by atoms with Gasteiger partial charge in [0.1, 0.15) is 5.75 Å². The molecule has 88 valence electrons. The van der Waals surface area contributed by atoms with Crippen LogP contribution in [0.3, 0.4) is 0 Å². The molecular formula is C12H17ClN2O. The van der Waals surface area contributed by atoms with Crippen molar-refractivity contribution >= 4 is 23.3 Å². The first-order valence-corrected chi connectivity index (χ1v) is 5.17. The molecular weight excluding hydrogens is 224 g/mol. The van der Waals surface area contributed by atoms with Gasteiger partial charge in [-0.05, 0) is 30.2 Å². The number of ether oxygens (including phenoxy) is 1. The summed E-state index contributed by atoms with van der Waals surface area (Å²) < 4.78 is 5.21. The normalized spacial score (nSPS) is 12.2. The second-order valence-electron chi connectivity index (χ2n) is 3.67. The molecule has 3 nitrogen and oxygen atoms in total.